The number of hydrogen-bond acceptors (Lipinski definition) is 7. The largest absolute Gasteiger partial charge is 0.475 e. The van der Waals surface area contributed by atoms with Gasteiger partial charge in [-0.05, 0) is 19.9 Å². The maximum absolute atomic E-state index is 5.79. The summed E-state index contributed by atoms with van der Waals surface area (Å²) < 4.78 is 5.52. The molecule has 0 saturated heterocycles. The van der Waals surface area contributed by atoms with E-state index in [0.717, 1.165) is 11.3 Å². The van der Waals surface area contributed by atoms with Gasteiger partial charge in [0.25, 0.3) is 0 Å². The minimum absolute atomic E-state index is 0.0769. The monoisotopic (exact) mass is 322 g/mol. The van der Waals surface area contributed by atoms with Crippen LogP contribution in [-0.4, -0.2) is 26.0 Å². The highest BCUT2D eigenvalue weighted by molar-refractivity contribution is 5.60. The second-order valence-electron chi connectivity index (χ2n) is 5.38. The zero-order valence-electron chi connectivity index (χ0n) is 13.5. The molecular weight excluding hydrogens is 304 g/mol. The van der Waals surface area contributed by atoms with E-state index in [1.54, 1.807) is 12.3 Å². The molecule has 0 aliphatic carbocycles. The first-order valence-electron chi connectivity index (χ1n) is 7.57. The van der Waals surface area contributed by atoms with E-state index in [1.165, 1.54) is 0 Å². The highest BCUT2D eigenvalue weighted by Crippen LogP contribution is 2.20. The maximum Gasteiger partial charge on any atom is 0.232 e. The summed E-state index contributed by atoms with van der Waals surface area (Å²) in [6, 6.07) is 13.2. The number of benzene rings is 1. The lowest BCUT2D eigenvalue weighted by molar-refractivity contribution is 0.232. The number of hydrogen-bond donors (Lipinski definition) is 2. The summed E-state index contributed by atoms with van der Waals surface area (Å²) in [6.07, 6.45) is 1.73. The molecule has 3 rings (SSSR count). The van der Waals surface area contributed by atoms with Crippen LogP contribution in [0.5, 0.6) is 5.88 Å². The van der Waals surface area contributed by atoms with E-state index in [1.807, 2.05) is 50.2 Å². The highest BCUT2D eigenvalue weighted by atomic mass is 16.5. The predicted octanol–water partition coefficient (Wildman–Crippen LogP) is 3.05. The van der Waals surface area contributed by atoms with E-state index >= 15 is 0 Å². The van der Waals surface area contributed by atoms with E-state index in [-0.39, 0.29) is 12.1 Å². The number of nitrogens with two attached hydrogens (primary N) is 1. The fraction of sp³-hybridized carbons (Fsp3) is 0.176. The first kappa shape index (κ1) is 15.7. The van der Waals surface area contributed by atoms with Gasteiger partial charge in [0, 0.05) is 11.6 Å². The van der Waals surface area contributed by atoms with Crippen LogP contribution >= 0.6 is 0 Å². The van der Waals surface area contributed by atoms with Crippen LogP contribution in [0.2, 0.25) is 0 Å². The Morgan fingerprint density at radius 3 is 2.46 bits per heavy atom. The number of rotatable bonds is 5. The van der Waals surface area contributed by atoms with Crippen molar-refractivity contribution in [3.63, 3.8) is 0 Å². The minimum atomic E-state index is 0.0769. The third-order valence-electron chi connectivity index (χ3n) is 3.03. The SMILES string of the molecule is CC(C)Oc1ccc(Nc2nc(N)nc(-c3ccccc3)n2)cn1. The molecule has 0 aliphatic rings. The molecular formula is C17H18N6O. The van der Waals surface area contributed by atoms with Crippen molar-refractivity contribution in [2.24, 2.45) is 0 Å². The number of ether oxygens (including phenoxy) is 1. The number of pyridine rings is 1. The average Bonchev–Trinajstić information content (AvgIpc) is 2.56. The summed E-state index contributed by atoms with van der Waals surface area (Å²) in [6.45, 7) is 3.90. The molecule has 0 bridgehead atoms. The van der Waals surface area contributed by atoms with Crippen LogP contribution in [0.15, 0.2) is 48.7 Å². The van der Waals surface area contributed by atoms with E-state index in [9.17, 15) is 0 Å². The molecule has 0 atom stereocenters. The van der Waals surface area contributed by atoms with Gasteiger partial charge in [-0.2, -0.15) is 15.0 Å². The van der Waals surface area contributed by atoms with Gasteiger partial charge in [-0.25, -0.2) is 4.98 Å². The quantitative estimate of drug-likeness (QED) is 0.744. The summed E-state index contributed by atoms with van der Waals surface area (Å²) in [4.78, 5) is 16.9. The smallest absolute Gasteiger partial charge is 0.232 e. The van der Waals surface area contributed by atoms with Gasteiger partial charge in [-0.1, -0.05) is 30.3 Å². The van der Waals surface area contributed by atoms with Crippen molar-refractivity contribution in [3.8, 4) is 17.3 Å². The van der Waals surface area contributed by atoms with Crippen molar-refractivity contribution in [2.45, 2.75) is 20.0 Å². The topological polar surface area (TPSA) is 98.8 Å². The molecule has 0 radical (unpaired) electrons. The van der Waals surface area contributed by atoms with Gasteiger partial charge in [0.2, 0.25) is 17.8 Å². The summed E-state index contributed by atoms with van der Waals surface area (Å²) in [7, 11) is 0. The summed E-state index contributed by atoms with van der Waals surface area (Å²) >= 11 is 0. The predicted molar refractivity (Wildman–Crippen MR) is 93.0 cm³/mol. The van der Waals surface area contributed by atoms with Crippen molar-refractivity contribution >= 4 is 17.6 Å². The van der Waals surface area contributed by atoms with Gasteiger partial charge in [-0.15, -0.1) is 0 Å². The molecule has 7 heteroatoms. The Labute approximate surface area is 140 Å². The number of nitrogens with one attached hydrogen (secondary N) is 1. The minimum Gasteiger partial charge on any atom is -0.475 e. The molecule has 3 N–H and O–H groups in total. The second-order valence-corrected chi connectivity index (χ2v) is 5.38. The van der Waals surface area contributed by atoms with Crippen molar-refractivity contribution in [3.05, 3.63) is 48.7 Å². The van der Waals surface area contributed by atoms with Crippen molar-refractivity contribution in [1.82, 2.24) is 19.9 Å². The van der Waals surface area contributed by atoms with Crippen LogP contribution in [0.4, 0.5) is 17.6 Å². The van der Waals surface area contributed by atoms with Crippen LogP contribution in [0, 0.1) is 0 Å². The third kappa shape index (κ3) is 3.95. The molecule has 1 aromatic carbocycles. The Balaban J connectivity index is 1.81. The highest BCUT2D eigenvalue weighted by Gasteiger charge is 2.07. The Bertz CT molecular complexity index is 805. The van der Waals surface area contributed by atoms with E-state index in [4.69, 9.17) is 10.5 Å². The molecule has 0 spiro atoms. The number of nitrogens with zero attached hydrogens (tertiary/aromatic N) is 4. The van der Waals surface area contributed by atoms with Crippen LogP contribution in [0.25, 0.3) is 11.4 Å². The lowest BCUT2D eigenvalue weighted by Gasteiger charge is -2.10. The Kier molecular flexibility index (Phi) is 4.51. The van der Waals surface area contributed by atoms with Crippen LogP contribution < -0.4 is 15.8 Å². The molecule has 2 aromatic heterocycles. The first-order valence-corrected chi connectivity index (χ1v) is 7.57. The molecule has 2 heterocycles. The molecule has 0 fully saturated rings. The van der Waals surface area contributed by atoms with E-state index in [0.29, 0.717) is 17.7 Å². The van der Waals surface area contributed by atoms with Gasteiger partial charge >= 0.3 is 0 Å². The van der Waals surface area contributed by atoms with Gasteiger partial charge < -0.3 is 15.8 Å². The van der Waals surface area contributed by atoms with Crippen molar-refractivity contribution in [2.75, 3.05) is 11.1 Å². The molecule has 3 aromatic rings. The van der Waals surface area contributed by atoms with E-state index in [2.05, 4.69) is 25.3 Å². The maximum atomic E-state index is 5.79. The number of aromatic nitrogens is 4. The number of nitrogen functional groups attached to an aromatic ring is 1. The summed E-state index contributed by atoms with van der Waals surface area (Å²) in [5, 5.41) is 3.08. The molecule has 122 valence electrons. The zero-order chi connectivity index (χ0) is 16.9. The lowest BCUT2D eigenvalue weighted by atomic mass is 10.2. The van der Waals surface area contributed by atoms with Gasteiger partial charge in [-0.3, -0.25) is 0 Å². The fourth-order valence-corrected chi connectivity index (χ4v) is 2.06. The molecule has 24 heavy (non-hydrogen) atoms. The Morgan fingerprint density at radius 1 is 1.00 bits per heavy atom. The van der Waals surface area contributed by atoms with E-state index < -0.39 is 0 Å². The number of anilines is 3. The molecule has 0 saturated carbocycles. The molecule has 0 aliphatic heterocycles. The van der Waals surface area contributed by atoms with Crippen LogP contribution in [-0.2, 0) is 0 Å². The fourth-order valence-electron chi connectivity index (χ4n) is 2.06. The van der Waals surface area contributed by atoms with Crippen LogP contribution in [0.3, 0.4) is 0 Å². The standard InChI is InChI=1S/C17H18N6O/c1-11(2)24-14-9-8-13(10-19-14)20-17-22-15(21-16(18)23-17)12-6-4-3-5-7-12/h3-11H,1-2H3,(H3,18,20,21,22,23). The van der Waals surface area contributed by atoms with Gasteiger partial charge in [0.1, 0.15) is 0 Å². The van der Waals surface area contributed by atoms with Crippen molar-refractivity contribution < 1.29 is 4.74 Å². The second kappa shape index (κ2) is 6.91. The summed E-state index contributed by atoms with van der Waals surface area (Å²) in [5.41, 5.74) is 7.39. The molecule has 0 amide bonds. The Morgan fingerprint density at radius 2 is 1.79 bits per heavy atom. The van der Waals surface area contributed by atoms with Crippen LogP contribution in [0.1, 0.15) is 13.8 Å². The average molecular weight is 322 g/mol. The molecule has 0 unspecified atom stereocenters. The van der Waals surface area contributed by atoms with Crippen molar-refractivity contribution in [1.29, 1.82) is 0 Å². The summed E-state index contributed by atoms with van der Waals surface area (Å²) in [5.74, 6) is 1.59. The third-order valence-corrected chi connectivity index (χ3v) is 3.03. The normalized spacial score (nSPS) is 10.6. The Hall–Kier alpha value is -3.22. The first-order chi connectivity index (χ1) is 11.6. The lowest BCUT2D eigenvalue weighted by Crippen LogP contribution is -2.07. The zero-order valence-corrected chi connectivity index (χ0v) is 13.5. The molecule has 7 nitrogen and oxygen atoms in total. The van der Waals surface area contributed by atoms with Gasteiger partial charge in [0.15, 0.2) is 5.82 Å². The van der Waals surface area contributed by atoms with Gasteiger partial charge in [0.05, 0.1) is 18.0 Å².